The first-order valence-electron chi connectivity index (χ1n) is 4.63. The zero-order valence-electron chi connectivity index (χ0n) is 9.02. The average Bonchev–Trinajstić information content (AvgIpc) is 2.27. The molecule has 0 radical (unpaired) electrons. The molecule has 8 heteroatoms. The van der Waals surface area contributed by atoms with Crippen LogP contribution in [0, 0.1) is 11.3 Å². The average molecular weight is 276 g/mol. The van der Waals surface area contributed by atoms with Crippen LogP contribution in [0.4, 0.5) is 13.2 Å². The summed E-state index contributed by atoms with van der Waals surface area (Å²) in [6, 6.07) is 3.34. The van der Waals surface area contributed by atoms with Crippen LogP contribution < -0.4 is 0 Å². The van der Waals surface area contributed by atoms with Gasteiger partial charge in [-0.3, -0.25) is 4.79 Å². The molecule has 1 heterocycles. The quantitative estimate of drug-likeness (QED) is 0.859. The van der Waals surface area contributed by atoms with Crippen molar-refractivity contribution >= 4 is 17.7 Å². The van der Waals surface area contributed by atoms with E-state index in [-0.39, 0.29) is 10.6 Å². The molecule has 4 nitrogen and oxygen atoms in total. The molecule has 1 aromatic heterocycles. The standard InChI is InChI=1S/C10H7F3N2O2S/c1-5(9(16)17)18-8-6(4-14)2-3-7(15-8)10(11,12)13/h2-3,5H,1H3,(H,16,17). The zero-order chi connectivity index (χ0) is 13.9. The second-order valence-corrected chi connectivity index (χ2v) is 4.59. The molecule has 0 aliphatic rings. The molecule has 0 saturated carbocycles. The Morgan fingerprint density at radius 2 is 2.17 bits per heavy atom. The van der Waals surface area contributed by atoms with Gasteiger partial charge in [0, 0.05) is 0 Å². The molecule has 96 valence electrons. The van der Waals surface area contributed by atoms with Crippen LogP contribution in [0.1, 0.15) is 18.2 Å². The lowest BCUT2D eigenvalue weighted by Gasteiger charge is -2.10. The Balaban J connectivity index is 3.16. The van der Waals surface area contributed by atoms with Crippen molar-refractivity contribution in [3.05, 3.63) is 23.4 Å². The van der Waals surface area contributed by atoms with Crippen LogP contribution in [0.15, 0.2) is 17.2 Å². The Kier molecular flexibility index (Phi) is 4.19. The third kappa shape index (κ3) is 3.37. The predicted molar refractivity (Wildman–Crippen MR) is 56.9 cm³/mol. The number of pyridine rings is 1. The van der Waals surface area contributed by atoms with E-state index in [0.29, 0.717) is 17.8 Å². The van der Waals surface area contributed by atoms with Gasteiger partial charge in [0.2, 0.25) is 0 Å². The van der Waals surface area contributed by atoms with Gasteiger partial charge >= 0.3 is 12.1 Å². The van der Waals surface area contributed by atoms with Gasteiger partial charge in [-0.2, -0.15) is 18.4 Å². The summed E-state index contributed by atoms with van der Waals surface area (Å²) >= 11 is 0.600. The van der Waals surface area contributed by atoms with Crippen molar-refractivity contribution in [2.75, 3.05) is 0 Å². The molecule has 0 bridgehead atoms. The molecule has 18 heavy (non-hydrogen) atoms. The molecule has 1 rings (SSSR count). The fraction of sp³-hybridized carbons (Fsp3) is 0.300. The van der Waals surface area contributed by atoms with E-state index in [2.05, 4.69) is 4.98 Å². The first kappa shape index (κ1) is 14.3. The van der Waals surface area contributed by atoms with Crippen LogP contribution in [0.25, 0.3) is 0 Å². The molecular weight excluding hydrogens is 269 g/mol. The van der Waals surface area contributed by atoms with E-state index < -0.39 is 23.1 Å². The number of alkyl halides is 3. The van der Waals surface area contributed by atoms with Crippen LogP contribution >= 0.6 is 11.8 Å². The van der Waals surface area contributed by atoms with Crippen LogP contribution in [0.3, 0.4) is 0 Å². The second-order valence-electron chi connectivity index (χ2n) is 3.26. The maximum Gasteiger partial charge on any atom is 0.433 e. The smallest absolute Gasteiger partial charge is 0.433 e. The molecule has 1 atom stereocenters. The third-order valence-electron chi connectivity index (χ3n) is 1.91. The first-order valence-corrected chi connectivity index (χ1v) is 5.51. The topological polar surface area (TPSA) is 74.0 Å². The summed E-state index contributed by atoms with van der Waals surface area (Å²) in [6.07, 6.45) is -4.63. The van der Waals surface area contributed by atoms with Gasteiger partial charge in [-0.1, -0.05) is 11.8 Å². The number of carboxylic acid groups (broad SMARTS) is 1. The maximum atomic E-state index is 12.4. The molecular formula is C10H7F3N2O2S. The summed E-state index contributed by atoms with van der Waals surface area (Å²) in [7, 11) is 0. The molecule has 0 aliphatic heterocycles. The summed E-state index contributed by atoms with van der Waals surface area (Å²) < 4.78 is 37.3. The van der Waals surface area contributed by atoms with Gasteiger partial charge in [-0.25, -0.2) is 4.98 Å². The minimum atomic E-state index is -4.63. The highest BCUT2D eigenvalue weighted by Gasteiger charge is 2.33. The van der Waals surface area contributed by atoms with E-state index in [1.807, 2.05) is 0 Å². The summed E-state index contributed by atoms with van der Waals surface area (Å²) in [5, 5.41) is 16.2. The number of rotatable bonds is 3. The second kappa shape index (κ2) is 5.27. The molecule has 0 amide bonds. The van der Waals surface area contributed by atoms with Crippen LogP contribution in [-0.4, -0.2) is 21.3 Å². The van der Waals surface area contributed by atoms with Gasteiger partial charge in [0.05, 0.1) is 5.56 Å². The Labute approximate surface area is 104 Å². The lowest BCUT2D eigenvalue weighted by Crippen LogP contribution is -2.13. The fourth-order valence-electron chi connectivity index (χ4n) is 0.991. The number of carboxylic acids is 1. The summed E-state index contributed by atoms with van der Waals surface area (Å²) in [4.78, 5) is 13.9. The van der Waals surface area contributed by atoms with Crippen molar-refractivity contribution in [2.24, 2.45) is 0 Å². The number of carbonyl (C=O) groups is 1. The number of thioether (sulfide) groups is 1. The van der Waals surface area contributed by atoms with Gasteiger partial charge < -0.3 is 5.11 Å². The van der Waals surface area contributed by atoms with E-state index in [9.17, 15) is 18.0 Å². The summed E-state index contributed by atoms with van der Waals surface area (Å²) in [5.41, 5.74) is -1.23. The number of nitrogens with zero attached hydrogens (tertiary/aromatic N) is 2. The molecule has 1 aromatic rings. The predicted octanol–water partition coefficient (Wildman–Crippen LogP) is 2.54. The normalized spacial score (nSPS) is 12.8. The molecule has 0 spiro atoms. The number of nitriles is 1. The number of aromatic nitrogens is 1. The van der Waals surface area contributed by atoms with E-state index in [0.717, 1.165) is 6.07 Å². The highest BCUT2D eigenvalue weighted by Crippen LogP contribution is 2.32. The van der Waals surface area contributed by atoms with Gasteiger partial charge in [0.25, 0.3) is 0 Å². The molecule has 0 aromatic carbocycles. The highest BCUT2D eigenvalue weighted by molar-refractivity contribution is 8.00. The van der Waals surface area contributed by atoms with Crippen molar-refractivity contribution in [3.8, 4) is 6.07 Å². The first-order chi connectivity index (χ1) is 8.25. The number of hydrogen-bond donors (Lipinski definition) is 1. The zero-order valence-corrected chi connectivity index (χ0v) is 9.84. The van der Waals surface area contributed by atoms with Gasteiger partial charge in [-0.15, -0.1) is 0 Å². The van der Waals surface area contributed by atoms with E-state index in [4.69, 9.17) is 10.4 Å². The van der Waals surface area contributed by atoms with Crippen LogP contribution in [-0.2, 0) is 11.0 Å². The lowest BCUT2D eigenvalue weighted by atomic mass is 10.2. The monoisotopic (exact) mass is 276 g/mol. The van der Waals surface area contributed by atoms with E-state index >= 15 is 0 Å². The SMILES string of the molecule is CC(Sc1nc(C(F)(F)F)ccc1C#N)C(=O)O. The molecule has 0 fully saturated rings. The molecule has 1 N–H and O–H groups in total. The molecule has 0 saturated heterocycles. The van der Waals surface area contributed by atoms with Gasteiger partial charge in [-0.05, 0) is 19.1 Å². The Morgan fingerprint density at radius 3 is 2.61 bits per heavy atom. The van der Waals surface area contributed by atoms with Crippen molar-refractivity contribution < 1.29 is 23.1 Å². The minimum Gasteiger partial charge on any atom is -0.480 e. The van der Waals surface area contributed by atoms with Crippen molar-refractivity contribution in [1.82, 2.24) is 4.98 Å². The molecule has 0 aliphatic carbocycles. The van der Waals surface area contributed by atoms with Crippen molar-refractivity contribution in [1.29, 1.82) is 5.26 Å². The Hall–Kier alpha value is -1.75. The van der Waals surface area contributed by atoms with Crippen molar-refractivity contribution in [2.45, 2.75) is 23.4 Å². The van der Waals surface area contributed by atoms with E-state index in [1.165, 1.54) is 6.92 Å². The summed E-state index contributed by atoms with van der Waals surface area (Å²) in [5.74, 6) is -1.19. The summed E-state index contributed by atoms with van der Waals surface area (Å²) in [6.45, 7) is 1.30. The molecule has 1 unspecified atom stereocenters. The number of halogens is 3. The maximum absolute atomic E-state index is 12.4. The third-order valence-corrected chi connectivity index (χ3v) is 3.00. The highest BCUT2D eigenvalue weighted by atomic mass is 32.2. The Morgan fingerprint density at radius 1 is 1.56 bits per heavy atom. The number of hydrogen-bond acceptors (Lipinski definition) is 4. The van der Waals surface area contributed by atoms with Gasteiger partial charge in [0.15, 0.2) is 0 Å². The van der Waals surface area contributed by atoms with Crippen LogP contribution in [0.5, 0.6) is 0 Å². The lowest BCUT2D eigenvalue weighted by molar-refractivity contribution is -0.141. The van der Waals surface area contributed by atoms with Crippen molar-refractivity contribution in [3.63, 3.8) is 0 Å². The minimum absolute atomic E-state index is 0.0823. The Bertz CT molecular complexity index is 511. The number of aliphatic carboxylic acids is 1. The largest absolute Gasteiger partial charge is 0.480 e. The van der Waals surface area contributed by atoms with E-state index in [1.54, 1.807) is 6.07 Å². The van der Waals surface area contributed by atoms with Crippen LogP contribution in [0.2, 0.25) is 0 Å². The van der Waals surface area contributed by atoms with Gasteiger partial charge in [0.1, 0.15) is 22.0 Å². The fourth-order valence-corrected chi connectivity index (χ4v) is 1.82.